The number of thiazole rings is 1. The maximum Gasteiger partial charge on any atom is 0.184 e. The van der Waals surface area contributed by atoms with Crippen molar-refractivity contribution < 1.29 is 5.11 Å². The maximum absolute atomic E-state index is 9.35. The Morgan fingerprint density at radius 1 is 1.36 bits per heavy atom. The van der Waals surface area contributed by atoms with Gasteiger partial charge in [0.15, 0.2) is 10.6 Å². The smallest absolute Gasteiger partial charge is 0.184 e. The first kappa shape index (κ1) is 15.7. The molecular formula is C15H16ClN3OS2. The van der Waals surface area contributed by atoms with Crippen LogP contribution in [0.4, 0.5) is 5.13 Å². The van der Waals surface area contributed by atoms with Crippen molar-refractivity contribution in [2.45, 2.75) is 12.4 Å². The van der Waals surface area contributed by atoms with E-state index in [0.717, 1.165) is 21.4 Å². The molecule has 1 aliphatic rings. The molecule has 7 heteroatoms. The average molecular weight is 354 g/mol. The molecule has 0 bridgehead atoms. The fourth-order valence-corrected chi connectivity index (χ4v) is 4.44. The average Bonchev–Trinajstić information content (AvgIpc) is 3.12. The van der Waals surface area contributed by atoms with Gasteiger partial charge in [0.1, 0.15) is 0 Å². The van der Waals surface area contributed by atoms with Crippen LogP contribution in [0.5, 0.6) is 0 Å². The third-order valence-electron chi connectivity index (χ3n) is 3.40. The molecular weight excluding hydrogens is 338 g/mol. The largest absolute Gasteiger partial charge is 0.395 e. The van der Waals surface area contributed by atoms with Crippen LogP contribution >= 0.6 is 34.7 Å². The van der Waals surface area contributed by atoms with Gasteiger partial charge in [-0.2, -0.15) is 0 Å². The van der Waals surface area contributed by atoms with E-state index in [0.29, 0.717) is 6.54 Å². The number of hydrogen-bond donors (Lipinski definition) is 2. The zero-order valence-electron chi connectivity index (χ0n) is 12.0. The fourth-order valence-electron chi connectivity index (χ4n) is 2.35. The number of aromatic nitrogens is 1. The van der Waals surface area contributed by atoms with Crippen molar-refractivity contribution in [2.24, 2.45) is 0 Å². The van der Waals surface area contributed by atoms with Crippen molar-refractivity contribution in [3.63, 3.8) is 0 Å². The summed E-state index contributed by atoms with van der Waals surface area (Å²) in [7, 11) is 0. The maximum atomic E-state index is 9.35. The Balaban J connectivity index is 1.85. The van der Waals surface area contributed by atoms with Gasteiger partial charge in [0.2, 0.25) is 0 Å². The summed E-state index contributed by atoms with van der Waals surface area (Å²) in [6.45, 7) is 2.77. The number of rotatable bonds is 5. The predicted molar refractivity (Wildman–Crippen MR) is 95.0 cm³/mol. The molecule has 0 saturated heterocycles. The lowest BCUT2D eigenvalue weighted by molar-refractivity contribution is 0.228. The number of hydrogen-bond acceptors (Lipinski definition) is 6. The molecule has 0 radical (unpaired) electrons. The Kier molecular flexibility index (Phi) is 4.93. The zero-order chi connectivity index (χ0) is 15.5. The summed E-state index contributed by atoms with van der Waals surface area (Å²) >= 11 is 9.27. The number of aliphatic hydroxyl groups is 1. The van der Waals surface area contributed by atoms with E-state index in [2.05, 4.69) is 22.1 Å². The second-order valence-corrected chi connectivity index (χ2v) is 7.21. The summed E-state index contributed by atoms with van der Waals surface area (Å²) in [5.74, 6) is 0. The first-order chi connectivity index (χ1) is 10.7. The van der Waals surface area contributed by atoms with Crippen LogP contribution in [0.25, 0.3) is 4.91 Å². The molecule has 3 rings (SSSR count). The van der Waals surface area contributed by atoms with Crippen molar-refractivity contribution >= 4 is 44.7 Å². The Morgan fingerprint density at radius 3 is 2.77 bits per heavy atom. The van der Waals surface area contributed by atoms with E-state index in [1.807, 2.05) is 29.6 Å². The molecule has 1 aromatic carbocycles. The van der Waals surface area contributed by atoms with Gasteiger partial charge in [-0.05, 0) is 24.6 Å². The highest BCUT2D eigenvalue weighted by atomic mass is 35.5. The van der Waals surface area contributed by atoms with Crippen LogP contribution in [-0.2, 0) is 0 Å². The van der Waals surface area contributed by atoms with Crippen LogP contribution in [0.2, 0.25) is 5.02 Å². The van der Waals surface area contributed by atoms with Crippen molar-refractivity contribution in [2.75, 3.05) is 18.5 Å². The number of benzene rings is 1. The van der Waals surface area contributed by atoms with E-state index in [4.69, 9.17) is 11.6 Å². The van der Waals surface area contributed by atoms with E-state index in [1.165, 1.54) is 4.91 Å². The van der Waals surface area contributed by atoms with E-state index in [9.17, 15) is 5.11 Å². The Morgan fingerprint density at radius 2 is 2.14 bits per heavy atom. The number of allylic oxidation sites excluding steroid dienone is 1. The lowest BCUT2D eigenvalue weighted by atomic mass is 10.2. The van der Waals surface area contributed by atoms with E-state index in [-0.39, 0.29) is 12.1 Å². The summed E-state index contributed by atoms with van der Waals surface area (Å²) in [4.78, 5) is 7.63. The quantitative estimate of drug-likeness (QED) is 0.853. The van der Waals surface area contributed by atoms with Crippen molar-refractivity contribution in [3.8, 4) is 0 Å². The monoisotopic (exact) mass is 353 g/mol. The molecule has 0 amide bonds. The molecule has 116 valence electrons. The first-order valence-corrected chi connectivity index (χ1v) is 9.00. The summed E-state index contributed by atoms with van der Waals surface area (Å²) in [6.07, 6.45) is 1.78. The summed E-state index contributed by atoms with van der Waals surface area (Å²) in [5.41, 5.74) is 2.32. The summed E-state index contributed by atoms with van der Waals surface area (Å²) in [5, 5.41) is 16.3. The standard InChI is InChI=1S/C15H16ClN3OS2/c1-10-13(11-2-4-12(16)5-3-11)22-15(19(10)7-8-20)18-14-17-6-9-21-14/h2-6,9,15,20H,7-8H2,1H3,(H,17,18). The van der Waals surface area contributed by atoms with Crippen LogP contribution in [0, 0.1) is 0 Å². The molecule has 0 spiro atoms. The van der Waals surface area contributed by atoms with Gasteiger partial charge in [0.05, 0.1) is 6.61 Å². The van der Waals surface area contributed by atoms with Crippen LogP contribution in [0.3, 0.4) is 0 Å². The molecule has 4 nitrogen and oxygen atoms in total. The third-order valence-corrected chi connectivity index (χ3v) is 5.72. The molecule has 1 aliphatic heterocycles. The van der Waals surface area contributed by atoms with Gasteiger partial charge in [0, 0.05) is 33.7 Å². The van der Waals surface area contributed by atoms with Crippen LogP contribution < -0.4 is 5.32 Å². The summed E-state index contributed by atoms with van der Waals surface area (Å²) in [6, 6.07) is 7.85. The number of anilines is 1. The molecule has 1 atom stereocenters. The second kappa shape index (κ2) is 6.91. The predicted octanol–water partition coefficient (Wildman–Crippen LogP) is 3.92. The van der Waals surface area contributed by atoms with Gasteiger partial charge in [-0.25, -0.2) is 4.98 Å². The van der Waals surface area contributed by atoms with E-state index in [1.54, 1.807) is 29.3 Å². The normalized spacial score (nSPS) is 18.1. The van der Waals surface area contributed by atoms with Gasteiger partial charge >= 0.3 is 0 Å². The van der Waals surface area contributed by atoms with Gasteiger partial charge in [-0.3, -0.25) is 0 Å². The minimum atomic E-state index is 0.0315. The minimum absolute atomic E-state index is 0.0315. The third kappa shape index (κ3) is 3.25. The highest BCUT2D eigenvalue weighted by Gasteiger charge is 2.31. The van der Waals surface area contributed by atoms with E-state index < -0.39 is 0 Å². The molecule has 0 saturated carbocycles. The molecule has 2 N–H and O–H groups in total. The number of thioether (sulfide) groups is 1. The lowest BCUT2D eigenvalue weighted by Gasteiger charge is -2.27. The molecule has 0 aliphatic carbocycles. The Labute approximate surface area is 142 Å². The van der Waals surface area contributed by atoms with Crippen molar-refractivity contribution in [1.82, 2.24) is 9.88 Å². The lowest BCUT2D eigenvalue weighted by Crippen LogP contribution is -2.35. The number of nitrogens with one attached hydrogen (secondary N) is 1. The van der Waals surface area contributed by atoms with Gasteiger partial charge < -0.3 is 15.3 Å². The molecule has 2 aromatic rings. The highest BCUT2D eigenvalue weighted by Crippen LogP contribution is 2.44. The SMILES string of the molecule is CC1=C(c2ccc(Cl)cc2)SC(Nc2nccs2)N1CCO. The number of halogens is 1. The van der Waals surface area contributed by atoms with Crippen molar-refractivity contribution in [1.29, 1.82) is 0 Å². The highest BCUT2D eigenvalue weighted by molar-refractivity contribution is 8.09. The van der Waals surface area contributed by atoms with E-state index >= 15 is 0 Å². The van der Waals surface area contributed by atoms with Crippen LogP contribution in [-0.4, -0.2) is 33.6 Å². The summed E-state index contributed by atoms with van der Waals surface area (Å²) < 4.78 is 0. The molecule has 2 heterocycles. The number of nitrogens with zero attached hydrogens (tertiary/aromatic N) is 2. The Hall–Kier alpha value is -1.21. The van der Waals surface area contributed by atoms with Crippen molar-refractivity contribution in [3.05, 3.63) is 52.1 Å². The van der Waals surface area contributed by atoms with Crippen LogP contribution in [0.15, 0.2) is 41.5 Å². The number of aliphatic hydroxyl groups excluding tert-OH is 1. The minimum Gasteiger partial charge on any atom is -0.395 e. The fraction of sp³-hybridized carbons (Fsp3) is 0.267. The Bertz CT molecular complexity index is 658. The molecule has 0 fully saturated rings. The molecule has 22 heavy (non-hydrogen) atoms. The van der Waals surface area contributed by atoms with Gasteiger partial charge in [-0.1, -0.05) is 35.5 Å². The van der Waals surface area contributed by atoms with Crippen LogP contribution in [0.1, 0.15) is 12.5 Å². The van der Waals surface area contributed by atoms with Gasteiger partial charge in [-0.15, -0.1) is 11.3 Å². The zero-order valence-corrected chi connectivity index (χ0v) is 14.4. The molecule has 1 unspecified atom stereocenters. The first-order valence-electron chi connectivity index (χ1n) is 6.86. The molecule has 1 aromatic heterocycles. The number of β-amino-alcohol motifs (C(OH)–C–C–N with tert-alkyl or cyclic N) is 1. The van der Waals surface area contributed by atoms with Gasteiger partial charge in [0.25, 0.3) is 0 Å². The second-order valence-electron chi connectivity index (χ2n) is 4.79. The topological polar surface area (TPSA) is 48.4 Å².